The smallest absolute Gasteiger partial charge is 0.224 e. The van der Waals surface area contributed by atoms with Gasteiger partial charge in [-0.2, -0.15) is 0 Å². The Morgan fingerprint density at radius 2 is 2.15 bits per heavy atom. The Hall–Kier alpha value is -2.86. The second-order valence-corrected chi connectivity index (χ2v) is 6.65. The third kappa shape index (κ3) is 3.15. The van der Waals surface area contributed by atoms with Gasteiger partial charge in [-0.1, -0.05) is 11.6 Å². The van der Waals surface area contributed by atoms with Crippen LogP contribution in [0.15, 0.2) is 42.7 Å². The van der Waals surface area contributed by atoms with Gasteiger partial charge in [0.15, 0.2) is 0 Å². The minimum Gasteiger partial charge on any atom is -0.358 e. The van der Waals surface area contributed by atoms with E-state index in [0.717, 1.165) is 33.5 Å². The van der Waals surface area contributed by atoms with Crippen LogP contribution in [0.2, 0.25) is 5.02 Å². The molecule has 3 heterocycles. The summed E-state index contributed by atoms with van der Waals surface area (Å²) in [4.78, 5) is 20.0. The van der Waals surface area contributed by atoms with E-state index in [4.69, 9.17) is 11.6 Å². The molecule has 1 aromatic carbocycles. The molecule has 0 saturated carbocycles. The van der Waals surface area contributed by atoms with Crippen molar-refractivity contribution in [2.75, 3.05) is 0 Å². The molecule has 0 fully saturated rings. The van der Waals surface area contributed by atoms with Crippen molar-refractivity contribution in [3.63, 3.8) is 0 Å². The molecule has 0 spiro atoms. The van der Waals surface area contributed by atoms with Crippen molar-refractivity contribution in [3.05, 3.63) is 70.5 Å². The highest BCUT2D eigenvalue weighted by Crippen LogP contribution is 2.23. The molecule has 0 bridgehead atoms. The van der Waals surface area contributed by atoms with Crippen molar-refractivity contribution in [2.24, 2.45) is 0 Å². The highest BCUT2D eigenvalue weighted by Gasteiger charge is 2.13. The van der Waals surface area contributed by atoms with E-state index in [1.54, 1.807) is 18.3 Å². The van der Waals surface area contributed by atoms with Crippen molar-refractivity contribution < 1.29 is 9.18 Å². The molecule has 0 atom stereocenters. The Kier molecular flexibility index (Phi) is 4.12. The third-order valence-corrected chi connectivity index (χ3v) is 4.57. The summed E-state index contributed by atoms with van der Waals surface area (Å²) < 4.78 is 15.3. The predicted molar refractivity (Wildman–Crippen MR) is 98.7 cm³/mol. The summed E-state index contributed by atoms with van der Waals surface area (Å²) in [6, 6.07) is 8.12. The average Bonchev–Trinajstić information content (AvgIpc) is 3.14. The quantitative estimate of drug-likeness (QED) is 0.574. The van der Waals surface area contributed by atoms with Gasteiger partial charge in [0.1, 0.15) is 11.5 Å². The van der Waals surface area contributed by atoms with Crippen LogP contribution in [-0.2, 0) is 17.8 Å². The van der Waals surface area contributed by atoms with Crippen LogP contribution in [0.4, 0.5) is 4.39 Å². The summed E-state index contributed by atoms with van der Waals surface area (Å²) >= 11 is 5.96. The fourth-order valence-corrected chi connectivity index (χ4v) is 3.27. The summed E-state index contributed by atoms with van der Waals surface area (Å²) in [5.74, 6) is -0.463. The number of pyridine rings is 1. The number of nitrogens with zero attached hydrogens (tertiary/aromatic N) is 2. The summed E-state index contributed by atoms with van der Waals surface area (Å²) in [6.07, 6.45) is 3.77. The molecule has 132 valence electrons. The number of hydrogen-bond donors (Lipinski definition) is 2. The van der Waals surface area contributed by atoms with E-state index < -0.39 is 0 Å². The first-order valence-electron chi connectivity index (χ1n) is 8.16. The average molecular weight is 371 g/mol. The van der Waals surface area contributed by atoms with Gasteiger partial charge in [-0.25, -0.2) is 9.37 Å². The van der Waals surface area contributed by atoms with Crippen LogP contribution < -0.4 is 5.32 Å². The second-order valence-electron chi connectivity index (χ2n) is 6.22. The number of aryl methyl sites for hydroxylation is 1. The third-order valence-electron chi connectivity index (χ3n) is 4.35. The zero-order chi connectivity index (χ0) is 18.3. The molecule has 26 heavy (non-hydrogen) atoms. The van der Waals surface area contributed by atoms with Gasteiger partial charge in [-0.15, -0.1) is 0 Å². The Labute approximate surface area is 153 Å². The lowest BCUT2D eigenvalue weighted by molar-refractivity contribution is -0.120. The first-order chi connectivity index (χ1) is 12.5. The molecule has 4 aromatic rings. The lowest BCUT2D eigenvalue weighted by Gasteiger charge is -2.04. The van der Waals surface area contributed by atoms with E-state index in [-0.39, 0.29) is 18.1 Å². The maximum atomic E-state index is 13.5. The molecule has 3 aromatic heterocycles. The molecule has 0 aliphatic rings. The zero-order valence-corrected chi connectivity index (χ0v) is 14.8. The number of carbonyl (C=O) groups is 1. The largest absolute Gasteiger partial charge is 0.358 e. The van der Waals surface area contributed by atoms with Crippen molar-refractivity contribution in [3.8, 4) is 0 Å². The number of fused-ring (bicyclic) bond motifs is 2. The molecule has 0 radical (unpaired) electrons. The Bertz CT molecular complexity index is 1130. The van der Waals surface area contributed by atoms with Gasteiger partial charge in [0, 0.05) is 29.0 Å². The normalized spacial score (nSPS) is 11.3. The summed E-state index contributed by atoms with van der Waals surface area (Å²) in [5, 5.41) is 4.22. The number of carbonyl (C=O) groups excluding carboxylic acids is 1. The fourth-order valence-electron chi connectivity index (χ4n) is 3.10. The molecule has 5 nitrogen and oxygen atoms in total. The van der Waals surface area contributed by atoms with Crippen LogP contribution in [0.25, 0.3) is 16.6 Å². The van der Waals surface area contributed by atoms with E-state index in [1.165, 1.54) is 12.1 Å². The maximum absolute atomic E-state index is 13.5. The van der Waals surface area contributed by atoms with Crippen molar-refractivity contribution in [1.29, 1.82) is 0 Å². The molecular weight excluding hydrogens is 355 g/mol. The zero-order valence-electron chi connectivity index (χ0n) is 14.0. The van der Waals surface area contributed by atoms with Crippen LogP contribution in [-0.4, -0.2) is 20.3 Å². The van der Waals surface area contributed by atoms with Crippen molar-refractivity contribution in [1.82, 2.24) is 19.7 Å². The first kappa shape index (κ1) is 16.6. The second kappa shape index (κ2) is 6.46. The first-order valence-corrected chi connectivity index (χ1v) is 8.54. The Morgan fingerprint density at radius 3 is 3.00 bits per heavy atom. The van der Waals surface area contributed by atoms with E-state index in [0.29, 0.717) is 11.6 Å². The molecular formula is C19H16ClFN4O. The van der Waals surface area contributed by atoms with Crippen LogP contribution in [0.5, 0.6) is 0 Å². The molecule has 4 rings (SSSR count). The number of aromatic amines is 1. The lowest BCUT2D eigenvalue weighted by Crippen LogP contribution is -2.24. The van der Waals surface area contributed by atoms with Gasteiger partial charge in [-0.05, 0) is 42.8 Å². The topological polar surface area (TPSA) is 62.2 Å². The molecule has 0 aliphatic heterocycles. The maximum Gasteiger partial charge on any atom is 0.224 e. The lowest BCUT2D eigenvalue weighted by atomic mass is 10.1. The standard InChI is InChI=1S/C19H16ClFN4O/c1-11-15(16-6-13(21)3-4-17(16)23-11)7-19(26)22-8-14-10-25-9-12(20)2-5-18(25)24-14/h2-6,9-10,23H,7-8H2,1H3,(H,22,26). The van der Waals surface area contributed by atoms with E-state index in [2.05, 4.69) is 15.3 Å². The predicted octanol–water partition coefficient (Wildman–Crippen LogP) is 3.78. The van der Waals surface area contributed by atoms with Crippen LogP contribution in [0.3, 0.4) is 0 Å². The SMILES string of the molecule is Cc1[nH]c2ccc(F)cc2c1CC(=O)NCc1cn2cc(Cl)ccc2n1. The number of halogens is 2. The minimum absolute atomic E-state index is 0.145. The highest BCUT2D eigenvalue weighted by molar-refractivity contribution is 6.30. The number of nitrogens with one attached hydrogen (secondary N) is 2. The minimum atomic E-state index is -0.318. The number of imidazole rings is 1. The Morgan fingerprint density at radius 1 is 1.31 bits per heavy atom. The summed E-state index contributed by atoms with van der Waals surface area (Å²) in [5.41, 5.74) is 4.00. The molecule has 1 amide bonds. The molecule has 0 saturated heterocycles. The Balaban J connectivity index is 1.48. The van der Waals surface area contributed by atoms with Gasteiger partial charge in [0.25, 0.3) is 0 Å². The summed E-state index contributed by atoms with van der Waals surface area (Å²) in [7, 11) is 0. The van der Waals surface area contributed by atoms with Gasteiger partial charge in [0.2, 0.25) is 5.91 Å². The number of hydrogen-bond acceptors (Lipinski definition) is 2. The van der Waals surface area contributed by atoms with Gasteiger partial charge < -0.3 is 14.7 Å². The number of amides is 1. The monoisotopic (exact) mass is 370 g/mol. The van der Waals surface area contributed by atoms with Crippen LogP contribution in [0.1, 0.15) is 17.0 Å². The number of benzene rings is 1. The molecule has 2 N–H and O–H groups in total. The molecule has 0 unspecified atom stereocenters. The number of rotatable bonds is 4. The van der Waals surface area contributed by atoms with Gasteiger partial charge in [0.05, 0.1) is 23.7 Å². The van der Waals surface area contributed by atoms with E-state index in [9.17, 15) is 9.18 Å². The molecule has 0 aliphatic carbocycles. The molecule has 7 heteroatoms. The van der Waals surface area contributed by atoms with Gasteiger partial charge >= 0.3 is 0 Å². The highest BCUT2D eigenvalue weighted by atomic mass is 35.5. The summed E-state index contributed by atoms with van der Waals surface area (Å²) in [6.45, 7) is 2.19. The van der Waals surface area contributed by atoms with Gasteiger partial charge in [-0.3, -0.25) is 4.79 Å². The van der Waals surface area contributed by atoms with E-state index >= 15 is 0 Å². The fraction of sp³-hybridized carbons (Fsp3) is 0.158. The van der Waals surface area contributed by atoms with Crippen molar-refractivity contribution in [2.45, 2.75) is 19.9 Å². The number of H-pyrrole nitrogens is 1. The van der Waals surface area contributed by atoms with Crippen LogP contribution in [0, 0.1) is 12.7 Å². The van der Waals surface area contributed by atoms with Crippen molar-refractivity contribution >= 4 is 34.1 Å². The van der Waals surface area contributed by atoms with Crippen LogP contribution >= 0.6 is 11.6 Å². The number of aromatic nitrogens is 3. The van der Waals surface area contributed by atoms with E-state index in [1.807, 2.05) is 23.6 Å².